The van der Waals surface area contributed by atoms with Crippen LogP contribution >= 0.6 is 0 Å². The van der Waals surface area contributed by atoms with Crippen LogP contribution in [0.1, 0.15) is 37.1 Å². The zero-order chi connectivity index (χ0) is 21.8. The van der Waals surface area contributed by atoms with E-state index in [1.165, 1.54) is 7.11 Å². The lowest BCUT2D eigenvalue weighted by Gasteiger charge is -2.16. The molecule has 0 unspecified atom stereocenters. The van der Waals surface area contributed by atoms with Crippen LogP contribution < -0.4 is 10.5 Å². The van der Waals surface area contributed by atoms with Crippen LogP contribution in [0.5, 0.6) is 5.75 Å². The molecule has 0 atom stereocenters. The van der Waals surface area contributed by atoms with E-state index in [1.54, 1.807) is 22.7 Å². The molecule has 2 aromatic heterocycles. The standard InChI is InChI=1S/C22H19N5O4/c1-30-16-7-6-15(14-4-2-13(12-23)3-5-14)27-17(16)25-19(26-27)21(8-9-21)20(29)31-22(10-11-22)18(24)28/h2-7H,8-11H2,1H3,(H2,24,28). The summed E-state index contributed by atoms with van der Waals surface area (Å²) >= 11 is 0. The minimum Gasteiger partial charge on any atom is -0.493 e. The second-order valence-corrected chi connectivity index (χ2v) is 7.98. The maximum Gasteiger partial charge on any atom is 0.320 e. The summed E-state index contributed by atoms with van der Waals surface area (Å²) < 4.78 is 12.6. The summed E-state index contributed by atoms with van der Waals surface area (Å²) in [6, 6.07) is 12.8. The Balaban J connectivity index is 1.57. The molecule has 0 aliphatic heterocycles. The van der Waals surface area contributed by atoms with Crippen LogP contribution in [0.15, 0.2) is 36.4 Å². The van der Waals surface area contributed by atoms with Crippen LogP contribution in [-0.2, 0) is 19.7 Å². The van der Waals surface area contributed by atoms with Gasteiger partial charge in [-0.3, -0.25) is 9.59 Å². The maximum absolute atomic E-state index is 13.0. The van der Waals surface area contributed by atoms with Gasteiger partial charge in [0.15, 0.2) is 22.8 Å². The van der Waals surface area contributed by atoms with Crippen molar-refractivity contribution < 1.29 is 19.1 Å². The predicted molar refractivity (Wildman–Crippen MR) is 108 cm³/mol. The number of aromatic nitrogens is 3. The van der Waals surface area contributed by atoms with Crippen LogP contribution in [0, 0.1) is 11.3 Å². The molecule has 2 N–H and O–H groups in total. The van der Waals surface area contributed by atoms with Gasteiger partial charge in [-0.1, -0.05) is 12.1 Å². The lowest BCUT2D eigenvalue weighted by atomic mass is 10.1. The number of esters is 1. The molecule has 0 saturated heterocycles. The highest BCUT2D eigenvalue weighted by atomic mass is 16.6. The molecule has 2 saturated carbocycles. The molecule has 3 aromatic rings. The van der Waals surface area contributed by atoms with Crippen LogP contribution in [-0.4, -0.2) is 39.2 Å². The van der Waals surface area contributed by atoms with Crippen LogP contribution in [0.4, 0.5) is 0 Å². The Kier molecular flexibility index (Phi) is 4.02. The largest absolute Gasteiger partial charge is 0.493 e. The fourth-order valence-corrected chi connectivity index (χ4v) is 3.67. The highest BCUT2D eigenvalue weighted by Gasteiger charge is 2.61. The highest BCUT2D eigenvalue weighted by molar-refractivity contribution is 5.93. The van der Waals surface area contributed by atoms with Gasteiger partial charge in [0, 0.05) is 18.4 Å². The molecule has 156 valence electrons. The van der Waals surface area contributed by atoms with E-state index in [0.29, 0.717) is 48.5 Å². The number of amides is 1. The van der Waals surface area contributed by atoms with Crippen molar-refractivity contribution in [2.75, 3.05) is 7.11 Å². The number of carbonyl (C=O) groups excluding carboxylic acids is 2. The van der Waals surface area contributed by atoms with Crippen molar-refractivity contribution >= 4 is 17.5 Å². The number of hydrogen-bond acceptors (Lipinski definition) is 7. The molecule has 1 aromatic carbocycles. The molecule has 31 heavy (non-hydrogen) atoms. The molecule has 9 nitrogen and oxygen atoms in total. The van der Waals surface area contributed by atoms with Crippen LogP contribution in [0.25, 0.3) is 16.9 Å². The van der Waals surface area contributed by atoms with E-state index in [9.17, 15) is 9.59 Å². The summed E-state index contributed by atoms with van der Waals surface area (Å²) in [6.07, 6.45) is 1.96. The predicted octanol–water partition coefficient (Wildman–Crippen LogP) is 1.87. The van der Waals surface area contributed by atoms with Gasteiger partial charge in [0.05, 0.1) is 24.4 Å². The summed E-state index contributed by atoms with van der Waals surface area (Å²) in [5, 5.41) is 13.7. The first-order chi connectivity index (χ1) is 14.9. The first-order valence-corrected chi connectivity index (χ1v) is 9.91. The third-order valence-electron chi connectivity index (χ3n) is 5.99. The summed E-state index contributed by atoms with van der Waals surface area (Å²) in [6.45, 7) is 0. The van der Waals surface area contributed by atoms with Gasteiger partial charge in [-0.2, -0.15) is 5.26 Å². The van der Waals surface area contributed by atoms with E-state index in [0.717, 1.165) is 11.3 Å². The number of hydrogen-bond donors (Lipinski definition) is 1. The first-order valence-electron chi connectivity index (χ1n) is 9.91. The molecule has 1 amide bonds. The van der Waals surface area contributed by atoms with E-state index in [-0.39, 0.29) is 0 Å². The number of benzene rings is 1. The van der Waals surface area contributed by atoms with E-state index in [2.05, 4.69) is 16.2 Å². The Labute approximate surface area is 177 Å². The highest BCUT2D eigenvalue weighted by Crippen LogP contribution is 2.51. The number of nitriles is 1. The Morgan fingerprint density at radius 3 is 2.39 bits per heavy atom. The van der Waals surface area contributed by atoms with Crippen molar-refractivity contribution in [3.63, 3.8) is 0 Å². The Morgan fingerprint density at radius 1 is 1.13 bits per heavy atom. The van der Waals surface area contributed by atoms with Gasteiger partial charge in [0.1, 0.15) is 5.41 Å². The Morgan fingerprint density at radius 2 is 1.84 bits per heavy atom. The maximum atomic E-state index is 13.0. The van der Waals surface area contributed by atoms with Crippen molar-refractivity contribution in [1.82, 2.24) is 14.6 Å². The summed E-state index contributed by atoms with van der Waals surface area (Å²) in [5.74, 6) is -0.295. The van der Waals surface area contributed by atoms with E-state index in [4.69, 9.17) is 20.5 Å². The number of nitrogens with two attached hydrogens (primary N) is 1. The molecule has 2 aliphatic rings. The Bertz CT molecular complexity index is 1260. The number of primary amides is 1. The molecule has 9 heteroatoms. The summed E-state index contributed by atoms with van der Waals surface area (Å²) in [5.41, 5.74) is 5.82. The Hall–Kier alpha value is -3.93. The normalized spacial score (nSPS) is 17.5. The van der Waals surface area contributed by atoms with Crippen LogP contribution in [0.3, 0.4) is 0 Å². The van der Waals surface area contributed by atoms with Gasteiger partial charge in [-0.15, -0.1) is 5.10 Å². The van der Waals surface area contributed by atoms with Crippen molar-refractivity contribution in [2.45, 2.75) is 36.7 Å². The number of methoxy groups -OCH3 is 1. The van der Waals surface area contributed by atoms with E-state index < -0.39 is 22.9 Å². The number of ether oxygens (including phenoxy) is 2. The van der Waals surface area contributed by atoms with Gasteiger partial charge >= 0.3 is 5.97 Å². The molecule has 2 heterocycles. The molecule has 5 rings (SSSR count). The second kappa shape index (κ2) is 6.54. The van der Waals surface area contributed by atoms with Gasteiger partial charge in [-0.25, -0.2) is 9.50 Å². The molecular weight excluding hydrogens is 398 g/mol. The van der Waals surface area contributed by atoms with Crippen molar-refractivity contribution in [3.8, 4) is 23.1 Å². The third kappa shape index (κ3) is 2.91. The zero-order valence-corrected chi connectivity index (χ0v) is 16.8. The van der Waals surface area contributed by atoms with Crippen molar-refractivity contribution in [1.29, 1.82) is 5.26 Å². The molecule has 0 radical (unpaired) electrons. The zero-order valence-electron chi connectivity index (χ0n) is 16.8. The minimum absolute atomic E-state index is 0.331. The summed E-state index contributed by atoms with van der Waals surface area (Å²) in [7, 11) is 1.54. The minimum atomic E-state index is -1.18. The fourth-order valence-electron chi connectivity index (χ4n) is 3.67. The average molecular weight is 417 g/mol. The molecule has 2 aliphatic carbocycles. The van der Waals surface area contributed by atoms with Gasteiger partial charge in [0.25, 0.3) is 5.91 Å². The molecule has 2 fully saturated rings. The number of nitrogens with zero attached hydrogens (tertiary/aromatic N) is 4. The van der Waals surface area contributed by atoms with Crippen molar-refractivity contribution in [2.24, 2.45) is 5.73 Å². The average Bonchev–Trinajstić information content (AvgIpc) is 3.70. The smallest absolute Gasteiger partial charge is 0.320 e. The molecule has 0 spiro atoms. The summed E-state index contributed by atoms with van der Waals surface area (Å²) in [4.78, 5) is 29.2. The number of fused-ring (bicyclic) bond motifs is 1. The van der Waals surface area contributed by atoms with Crippen LogP contribution in [0.2, 0.25) is 0 Å². The van der Waals surface area contributed by atoms with Gasteiger partial charge in [-0.05, 0) is 37.1 Å². The quantitative estimate of drug-likeness (QED) is 0.605. The van der Waals surface area contributed by atoms with E-state index >= 15 is 0 Å². The first kappa shape index (κ1) is 19.1. The SMILES string of the molecule is COc1ccc(-c2ccc(C#N)cc2)n2nc(C3(C(=O)OC4(C(N)=O)CC4)CC3)nc12. The lowest BCUT2D eigenvalue weighted by Crippen LogP contribution is -2.38. The third-order valence-corrected chi connectivity index (χ3v) is 5.99. The monoisotopic (exact) mass is 417 g/mol. The number of rotatable bonds is 6. The lowest BCUT2D eigenvalue weighted by molar-refractivity contribution is -0.160. The molecular formula is C22H19N5O4. The van der Waals surface area contributed by atoms with Crippen molar-refractivity contribution in [3.05, 3.63) is 47.8 Å². The topological polar surface area (TPSA) is 133 Å². The van der Waals surface area contributed by atoms with Gasteiger partial charge < -0.3 is 15.2 Å². The second-order valence-electron chi connectivity index (χ2n) is 7.98. The number of pyridine rings is 1. The fraction of sp³-hybridized carbons (Fsp3) is 0.318. The van der Waals surface area contributed by atoms with E-state index in [1.807, 2.05) is 18.2 Å². The number of carbonyl (C=O) groups is 2. The molecule has 0 bridgehead atoms. The van der Waals surface area contributed by atoms with Gasteiger partial charge in [0.2, 0.25) is 0 Å².